The van der Waals surface area contributed by atoms with Crippen LogP contribution in [0, 0.1) is 0 Å². The zero-order valence-corrected chi connectivity index (χ0v) is 5.23. The fraction of sp³-hybridized carbons (Fsp3) is 0.600. The molecule has 2 N–H and O–H groups in total. The van der Waals surface area contributed by atoms with Crippen molar-refractivity contribution in [1.29, 1.82) is 0 Å². The van der Waals surface area contributed by atoms with Crippen LogP contribution in [0.2, 0.25) is 0 Å². The second-order valence-corrected chi connectivity index (χ2v) is 1.86. The molecule has 0 aromatic heterocycles. The Hall–Kier alpha value is -0.700. The number of hydrazine groups is 2. The second-order valence-electron chi connectivity index (χ2n) is 1.86. The minimum absolute atomic E-state index is 1.05. The summed E-state index contributed by atoms with van der Waals surface area (Å²) in [5, 5.41) is 1.89. The molecule has 1 aliphatic rings. The summed E-state index contributed by atoms with van der Waals surface area (Å²) in [7, 11) is 1.95. The third-order valence-corrected chi connectivity index (χ3v) is 1.12. The highest BCUT2D eigenvalue weighted by atomic mass is 15.7. The third kappa shape index (κ3) is 0.924. The molecule has 3 nitrogen and oxygen atoms in total. The van der Waals surface area contributed by atoms with E-state index in [1.54, 1.807) is 0 Å². The van der Waals surface area contributed by atoms with Crippen molar-refractivity contribution < 1.29 is 0 Å². The largest absolute Gasteiger partial charge is 0.306 e. The molecule has 0 unspecified atom stereocenters. The van der Waals surface area contributed by atoms with Crippen molar-refractivity contribution in [3.63, 3.8) is 0 Å². The van der Waals surface area contributed by atoms with Gasteiger partial charge in [0.15, 0.2) is 0 Å². The van der Waals surface area contributed by atoms with E-state index in [2.05, 4.69) is 17.9 Å². The molecule has 3 heteroatoms. The summed E-state index contributed by atoms with van der Waals surface area (Å²) >= 11 is 0. The molecule has 0 fully saturated rings. The molecule has 8 heavy (non-hydrogen) atoms. The number of rotatable bonds is 1. The maximum atomic E-state index is 2.99. The van der Waals surface area contributed by atoms with Crippen LogP contribution in [0.5, 0.6) is 0 Å². The summed E-state index contributed by atoms with van der Waals surface area (Å²) in [4.78, 5) is 0. The van der Waals surface area contributed by atoms with Crippen LogP contribution in [0.3, 0.4) is 0 Å². The normalized spacial score (nSPS) is 18.2. The maximum Gasteiger partial charge on any atom is 0.0450 e. The Morgan fingerprint density at radius 1 is 1.75 bits per heavy atom. The van der Waals surface area contributed by atoms with Crippen molar-refractivity contribution in [3.8, 4) is 0 Å². The van der Waals surface area contributed by atoms with Gasteiger partial charge < -0.3 is 5.43 Å². The van der Waals surface area contributed by atoms with E-state index < -0.39 is 0 Å². The summed E-state index contributed by atoms with van der Waals surface area (Å²) in [6.07, 6.45) is 3.08. The lowest BCUT2D eigenvalue weighted by Crippen LogP contribution is -2.33. The van der Waals surface area contributed by atoms with E-state index >= 15 is 0 Å². The Morgan fingerprint density at radius 3 is 2.75 bits per heavy atom. The lowest BCUT2D eigenvalue weighted by atomic mass is 10.4. The molecular weight excluding hydrogens is 102 g/mol. The molecule has 0 aliphatic carbocycles. The highest BCUT2D eigenvalue weighted by molar-refractivity contribution is 4.99. The molecule has 0 amide bonds. The third-order valence-electron chi connectivity index (χ3n) is 1.12. The summed E-state index contributed by atoms with van der Waals surface area (Å²) in [6.45, 7) is 2.11. The van der Waals surface area contributed by atoms with E-state index in [9.17, 15) is 0 Å². The van der Waals surface area contributed by atoms with Gasteiger partial charge in [-0.1, -0.05) is 6.92 Å². The first-order chi connectivity index (χ1) is 3.83. The Labute approximate surface area is 49.3 Å². The van der Waals surface area contributed by atoms with Gasteiger partial charge in [-0.2, -0.15) is 0 Å². The van der Waals surface area contributed by atoms with Crippen LogP contribution in [-0.2, 0) is 0 Å². The van der Waals surface area contributed by atoms with Gasteiger partial charge in [-0.25, -0.2) is 0 Å². The monoisotopic (exact) mass is 113 g/mol. The van der Waals surface area contributed by atoms with Gasteiger partial charge in [0.25, 0.3) is 0 Å². The molecule has 0 aromatic carbocycles. The maximum absolute atomic E-state index is 2.99. The SMILES string of the molecule is CCC1=CN(C)NN1. The fourth-order valence-electron chi connectivity index (χ4n) is 0.638. The van der Waals surface area contributed by atoms with Crippen molar-refractivity contribution in [2.45, 2.75) is 13.3 Å². The first kappa shape index (κ1) is 5.44. The highest BCUT2D eigenvalue weighted by Crippen LogP contribution is 1.99. The Morgan fingerprint density at radius 2 is 2.50 bits per heavy atom. The van der Waals surface area contributed by atoms with Gasteiger partial charge in [-0.3, -0.25) is 5.01 Å². The molecule has 0 radical (unpaired) electrons. The van der Waals surface area contributed by atoms with E-state index in [0.717, 1.165) is 6.42 Å². The summed E-state index contributed by atoms with van der Waals surface area (Å²) in [5.41, 5.74) is 7.13. The summed E-state index contributed by atoms with van der Waals surface area (Å²) in [6, 6.07) is 0. The van der Waals surface area contributed by atoms with Crippen LogP contribution in [0.25, 0.3) is 0 Å². The quantitative estimate of drug-likeness (QED) is 0.508. The molecule has 0 atom stereocenters. The smallest absolute Gasteiger partial charge is 0.0450 e. The van der Waals surface area contributed by atoms with Gasteiger partial charge >= 0.3 is 0 Å². The van der Waals surface area contributed by atoms with E-state index in [4.69, 9.17) is 0 Å². The topological polar surface area (TPSA) is 27.3 Å². The van der Waals surface area contributed by atoms with Gasteiger partial charge in [-0.05, 0) is 6.42 Å². The van der Waals surface area contributed by atoms with Gasteiger partial charge in [-0.15, -0.1) is 5.53 Å². The van der Waals surface area contributed by atoms with Crippen LogP contribution in [0.4, 0.5) is 0 Å². The zero-order valence-electron chi connectivity index (χ0n) is 5.23. The van der Waals surface area contributed by atoms with E-state index in [0.29, 0.717) is 0 Å². The first-order valence-electron chi connectivity index (χ1n) is 2.78. The number of hydrogen-bond acceptors (Lipinski definition) is 3. The highest BCUT2D eigenvalue weighted by Gasteiger charge is 2.01. The molecule has 0 spiro atoms. The molecule has 0 aromatic rings. The second kappa shape index (κ2) is 2.05. The summed E-state index contributed by atoms with van der Waals surface area (Å²) in [5.74, 6) is 0. The number of nitrogens with zero attached hydrogens (tertiary/aromatic N) is 1. The minimum Gasteiger partial charge on any atom is -0.306 e. The predicted octanol–water partition coefficient (Wildman–Crippen LogP) is 0.192. The van der Waals surface area contributed by atoms with Gasteiger partial charge in [0.1, 0.15) is 0 Å². The lowest BCUT2D eigenvalue weighted by Gasteiger charge is -2.04. The molecular formula is C5H11N3. The summed E-state index contributed by atoms with van der Waals surface area (Å²) < 4.78 is 0. The van der Waals surface area contributed by atoms with Crippen molar-refractivity contribution in [2.24, 2.45) is 0 Å². The van der Waals surface area contributed by atoms with Crippen molar-refractivity contribution in [2.75, 3.05) is 7.05 Å². The van der Waals surface area contributed by atoms with E-state index in [1.807, 2.05) is 18.3 Å². The molecule has 1 rings (SSSR count). The van der Waals surface area contributed by atoms with Gasteiger partial charge in [0, 0.05) is 18.9 Å². The Balaban J connectivity index is 2.44. The average molecular weight is 113 g/mol. The van der Waals surface area contributed by atoms with Crippen LogP contribution in [-0.4, -0.2) is 12.1 Å². The van der Waals surface area contributed by atoms with Crippen molar-refractivity contribution in [3.05, 3.63) is 11.9 Å². The van der Waals surface area contributed by atoms with E-state index in [-0.39, 0.29) is 0 Å². The predicted molar refractivity (Wildman–Crippen MR) is 32.4 cm³/mol. The van der Waals surface area contributed by atoms with Crippen molar-refractivity contribution in [1.82, 2.24) is 16.0 Å². The number of allylic oxidation sites excluding steroid dienone is 1. The standard InChI is InChI=1S/C5H11N3/c1-3-5-4-8(2)7-6-5/h4,6-7H,3H2,1-2H3. The Bertz CT molecular complexity index is 108. The molecule has 1 heterocycles. The number of nitrogens with one attached hydrogen (secondary N) is 2. The van der Waals surface area contributed by atoms with Crippen LogP contribution in [0.1, 0.15) is 13.3 Å². The van der Waals surface area contributed by atoms with Crippen LogP contribution in [0.15, 0.2) is 11.9 Å². The van der Waals surface area contributed by atoms with Crippen LogP contribution < -0.4 is 11.0 Å². The number of hydrogen-bond donors (Lipinski definition) is 2. The Kier molecular flexibility index (Phi) is 1.39. The molecule has 0 saturated carbocycles. The zero-order chi connectivity index (χ0) is 5.98. The van der Waals surface area contributed by atoms with Gasteiger partial charge in [0.2, 0.25) is 0 Å². The van der Waals surface area contributed by atoms with Crippen LogP contribution >= 0.6 is 0 Å². The molecule has 0 bridgehead atoms. The lowest BCUT2D eigenvalue weighted by molar-refractivity contribution is 0.326. The first-order valence-corrected chi connectivity index (χ1v) is 2.78. The molecule has 1 aliphatic heterocycles. The molecule has 46 valence electrons. The molecule has 0 saturated heterocycles. The fourth-order valence-corrected chi connectivity index (χ4v) is 0.638. The van der Waals surface area contributed by atoms with Crippen molar-refractivity contribution >= 4 is 0 Å². The average Bonchev–Trinajstić information content (AvgIpc) is 2.14. The van der Waals surface area contributed by atoms with E-state index in [1.165, 1.54) is 5.70 Å². The van der Waals surface area contributed by atoms with Gasteiger partial charge in [0.05, 0.1) is 0 Å². The minimum atomic E-state index is 1.05.